The van der Waals surface area contributed by atoms with Crippen LogP contribution < -0.4 is 0 Å². The molecule has 0 aromatic heterocycles. The smallest absolute Gasteiger partial charge is 0.223 e. The molecule has 1 aromatic carbocycles. The van der Waals surface area contributed by atoms with Gasteiger partial charge in [0.05, 0.1) is 12.2 Å². The zero-order valence-corrected chi connectivity index (χ0v) is 11.8. The van der Waals surface area contributed by atoms with Crippen molar-refractivity contribution in [2.45, 2.75) is 30.4 Å². The lowest BCUT2D eigenvalue weighted by molar-refractivity contribution is -0.130. The Morgan fingerprint density at radius 3 is 2.42 bits per heavy atom. The van der Waals surface area contributed by atoms with Gasteiger partial charge in [-0.3, -0.25) is 4.79 Å². The molecule has 104 valence electrons. The number of benzene rings is 1. The van der Waals surface area contributed by atoms with E-state index in [4.69, 9.17) is 0 Å². The third-order valence-corrected chi connectivity index (χ3v) is 4.23. The van der Waals surface area contributed by atoms with Crippen molar-refractivity contribution in [2.24, 2.45) is 0 Å². The van der Waals surface area contributed by atoms with E-state index in [1.807, 2.05) is 19.1 Å². The molecule has 4 nitrogen and oxygen atoms in total. The fraction of sp³-hybridized carbons (Fsp3) is 0.500. The number of carbonyl (C=O) groups excluding carboxylic acids is 1. The molecular weight excluding hydrogens is 262 g/mol. The fourth-order valence-corrected chi connectivity index (χ4v) is 2.86. The van der Waals surface area contributed by atoms with Crippen molar-refractivity contribution in [1.29, 1.82) is 0 Å². The van der Waals surface area contributed by atoms with Crippen molar-refractivity contribution in [2.75, 3.05) is 18.8 Å². The van der Waals surface area contributed by atoms with E-state index in [2.05, 4.69) is 12.1 Å². The summed E-state index contributed by atoms with van der Waals surface area (Å²) >= 11 is 1.65. The van der Waals surface area contributed by atoms with Gasteiger partial charge < -0.3 is 15.1 Å². The number of aliphatic hydroxyl groups excluding tert-OH is 2. The van der Waals surface area contributed by atoms with Gasteiger partial charge in [-0.05, 0) is 19.1 Å². The maximum atomic E-state index is 11.9. The molecule has 2 rings (SSSR count). The predicted octanol–water partition coefficient (Wildman–Crippen LogP) is 1.04. The first-order chi connectivity index (χ1) is 9.06. The van der Waals surface area contributed by atoms with Crippen molar-refractivity contribution in [3.8, 4) is 0 Å². The second-order valence-corrected chi connectivity index (χ2v) is 6.01. The van der Waals surface area contributed by atoms with Gasteiger partial charge in [0.25, 0.3) is 0 Å². The number of thioether (sulfide) groups is 1. The Hall–Kier alpha value is -1.04. The minimum absolute atomic E-state index is 0.00443. The fourth-order valence-electron chi connectivity index (χ4n) is 2.02. The summed E-state index contributed by atoms with van der Waals surface area (Å²) in [7, 11) is 0. The van der Waals surface area contributed by atoms with Crippen molar-refractivity contribution in [1.82, 2.24) is 4.90 Å². The highest BCUT2D eigenvalue weighted by Crippen LogP contribution is 2.20. The SMILES string of the molecule is Cc1ccc(SCCC(=O)N2C[C@@H](O)[C@@H](O)C2)cc1. The lowest BCUT2D eigenvalue weighted by atomic mass is 10.2. The first-order valence-electron chi connectivity index (χ1n) is 6.39. The number of carbonyl (C=O) groups is 1. The molecule has 0 aliphatic carbocycles. The van der Waals surface area contributed by atoms with Gasteiger partial charge in [0.15, 0.2) is 0 Å². The number of aryl methyl sites for hydroxylation is 1. The molecule has 2 atom stereocenters. The van der Waals surface area contributed by atoms with Gasteiger partial charge in [0, 0.05) is 30.2 Å². The summed E-state index contributed by atoms with van der Waals surface area (Å²) in [5, 5.41) is 18.8. The summed E-state index contributed by atoms with van der Waals surface area (Å²) in [6, 6.07) is 8.20. The van der Waals surface area contributed by atoms with E-state index in [-0.39, 0.29) is 19.0 Å². The summed E-state index contributed by atoms with van der Waals surface area (Å²) in [5.41, 5.74) is 1.22. The molecular formula is C14H19NO3S. The zero-order valence-electron chi connectivity index (χ0n) is 11.0. The molecule has 0 spiro atoms. The molecule has 5 heteroatoms. The van der Waals surface area contributed by atoms with Crippen LogP contribution in [0.2, 0.25) is 0 Å². The summed E-state index contributed by atoms with van der Waals surface area (Å²) in [6.45, 7) is 2.53. The summed E-state index contributed by atoms with van der Waals surface area (Å²) in [5.74, 6) is 0.708. The molecule has 2 N–H and O–H groups in total. The number of amides is 1. The number of hydrogen-bond donors (Lipinski definition) is 2. The lowest BCUT2D eigenvalue weighted by Crippen LogP contribution is -2.29. The molecule has 0 saturated carbocycles. The first-order valence-corrected chi connectivity index (χ1v) is 7.38. The van der Waals surface area contributed by atoms with Crippen LogP contribution in [0, 0.1) is 6.92 Å². The number of nitrogens with zero attached hydrogens (tertiary/aromatic N) is 1. The van der Waals surface area contributed by atoms with Crippen LogP contribution in [0.3, 0.4) is 0 Å². The molecule has 1 saturated heterocycles. The summed E-state index contributed by atoms with van der Waals surface area (Å²) < 4.78 is 0. The molecule has 1 fully saturated rings. The second-order valence-electron chi connectivity index (χ2n) is 4.84. The second kappa shape index (κ2) is 6.41. The van der Waals surface area contributed by atoms with E-state index >= 15 is 0 Å². The standard InChI is InChI=1S/C14H19NO3S/c1-10-2-4-11(5-3-10)19-7-6-14(18)15-8-12(16)13(17)9-15/h2-5,12-13,16-17H,6-9H2,1H3/t12-,13+. The van der Waals surface area contributed by atoms with Crippen LogP contribution in [-0.2, 0) is 4.79 Å². The van der Waals surface area contributed by atoms with Crippen LogP contribution in [0.15, 0.2) is 29.2 Å². The maximum absolute atomic E-state index is 11.9. The van der Waals surface area contributed by atoms with Crippen molar-refractivity contribution in [3.63, 3.8) is 0 Å². The van der Waals surface area contributed by atoms with Crippen molar-refractivity contribution < 1.29 is 15.0 Å². The highest BCUT2D eigenvalue weighted by atomic mass is 32.2. The van der Waals surface area contributed by atoms with E-state index in [1.54, 1.807) is 11.8 Å². The van der Waals surface area contributed by atoms with Crippen LogP contribution in [0.5, 0.6) is 0 Å². The minimum Gasteiger partial charge on any atom is -0.388 e. The van der Waals surface area contributed by atoms with Crippen LogP contribution in [-0.4, -0.2) is 52.1 Å². The topological polar surface area (TPSA) is 60.8 Å². The average Bonchev–Trinajstić information content (AvgIpc) is 2.72. The van der Waals surface area contributed by atoms with Crippen LogP contribution >= 0.6 is 11.8 Å². The molecule has 1 aliphatic heterocycles. The molecule has 1 amide bonds. The Labute approximate surface area is 117 Å². The molecule has 1 heterocycles. The molecule has 1 aromatic rings. The highest BCUT2D eigenvalue weighted by Gasteiger charge is 2.31. The van der Waals surface area contributed by atoms with E-state index < -0.39 is 12.2 Å². The van der Waals surface area contributed by atoms with Gasteiger partial charge in [-0.2, -0.15) is 0 Å². The maximum Gasteiger partial charge on any atom is 0.223 e. The quantitative estimate of drug-likeness (QED) is 0.810. The van der Waals surface area contributed by atoms with Crippen molar-refractivity contribution >= 4 is 17.7 Å². The average molecular weight is 281 g/mol. The highest BCUT2D eigenvalue weighted by molar-refractivity contribution is 7.99. The summed E-state index contributed by atoms with van der Waals surface area (Å²) in [4.78, 5) is 14.6. The Kier molecular flexibility index (Phi) is 4.85. The molecule has 0 radical (unpaired) electrons. The first kappa shape index (κ1) is 14.4. The normalized spacial score (nSPS) is 22.8. The van der Waals surface area contributed by atoms with E-state index in [9.17, 15) is 15.0 Å². The number of likely N-dealkylation sites (tertiary alicyclic amines) is 1. The Balaban J connectivity index is 1.74. The Morgan fingerprint density at radius 1 is 1.26 bits per heavy atom. The van der Waals surface area contributed by atoms with Crippen molar-refractivity contribution in [3.05, 3.63) is 29.8 Å². The number of hydrogen-bond acceptors (Lipinski definition) is 4. The Bertz CT molecular complexity index is 425. The third-order valence-electron chi connectivity index (χ3n) is 3.22. The van der Waals surface area contributed by atoms with E-state index in [1.165, 1.54) is 10.5 Å². The minimum atomic E-state index is -0.797. The summed E-state index contributed by atoms with van der Waals surface area (Å²) in [6.07, 6.45) is -1.17. The third kappa shape index (κ3) is 3.96. The van der Waals surface area contributed by atoms with Crippen LogP contribution in [0.1, 0.15) is 12.0 Å². The largest absolute Gasteiger partial charge is 0.388 e. The molecule has 0 unspecified atom stereocenters. The Morgan fingerprint density at radius 2 is 1.84 bits per heavy atom. The van der Waals surface area contributed by atoms with Gasteiger partial charge >= 0.3 is 0 Å². The monoisotopic (exact) mass is 281 g/mol. The number of rotatable bonds is 4. The number of β-amino-alcohol motifs (C(OH)–C–C–N with tert-alkyl or cyclic N) is 2. The molecule has 0 bridgehead atoms. The van der Waals surface area contributed by atoms with E-state index in [0.717, 1.165) is 4.90 Å². The zero-order chi connectivity index (χ0) is 13.8. The van der Waals surface area contributed by atoms with E-state index in [0.29, 0.717) is 12.2 Å². The lowest BCUT2D eigenvalue weighted by Gasteiger charge is -2.14. The molecule has 19 heavy (non-hydrogen) atoms. The van der Waals surface area contributed by atoms with Gasteiger partial charge in [-0.25, -0.2) is 0 Å². The van der Waals surface area contributed by atoms with Gasteiger partial charge in [-0.15, -0.1) is 11.8 Å². The predicted molar refractivity (Wildman–Crippen MR) is 75.1 cm³/mol. The number of aliphatic hydroxyl groups is 2. The molecule has 1 aliphatic rings. The van der Waals surface area contributed by atoms with Crippen LogP contribution in [0.4, 0.5) is 0 Å². The van der Waals surface area contributed by atoms with Gasteiger partial charge in [-0.1, -0.05) is 17.7 Å². The van der Waals surface area contributed by atoms with Crippen LogP contribution in [0.25, 0.3) is 0 Å². The van der Waals surface area contributed by atoms with Gasteiger partial charge in [0.1, 0.15) is 0 Å². The van der Waals surface area contributed by atoms with Gasteiger partial charge in [0.2, 0.25) is 5.91 Å².